The Morgan fingerprint density at radius 1 is 1.23 bits per heavy atom. The minimum Gasteiger partial charge on any atom is -0.339 e. The summed E-state index contributed by atoms with van der Waals surface area (Å²) in [6.45, 7) is 3.17. The molecule has 2 unspecified atom stereocenters. The molecule has 114 valence electrons. The van der Waals surface area contributed by atoms with Gasteiger partial charge in [0, 0.05) is 55.5 Å². The lowest BCUT2D eigenvalue weighted by Crippen LogP contribution is -2.51. The Morgan fingerprint density at radius 3 is 2.91 bits per heavy atom. The van der Waals surface area contributed by atoms with Crippen LogP contribution in [0.5, 0.6) is 0 Å². The van der Waals surface area contributed by atoms with Crippen LogP contribution in [0, 0.1) is 5.92 Å². The number of hydrogen-bond acceptors (Lipinski definition) is 6. The standard InChI is InChI=1S/C15H19N7/c1-2-9(1)11-5-14(21-20-11)18-13-3-4-16-15(19-13)22-7-10-6-17-12(10)8-22/h3-5,9-10,12,17H,1-2,6-8H2,(H2,16,18,19,20,21). The monoisotopic (exact) mass is 297 g/mol. The van der Waals surface area contributed by atoms with E-state index in [0.29, 0.717) is 12.0 Å². The zero-order chi connectivity index (χ0) is 14.5. The Bertz CT molecular complexity index is 681. The summed E-state index contributed by atoms with van der Waals surface area (Å²) in [5.74, 6) is 3.86. The Labute approximate surface area is 128 Å². The molecule has 7 heteroatoms. The molecule has 1 aliphatic carbocycles. The molecule has 2 aromatic heterocycles. The van der Waals surface area contributed by atoms with Crippen LogP contribution in [0.3, 0.4) is 0 Å². The SMILES string of the molecule is c1cc(Nc2cc(C3CC3)[nH]n2)nc(N2CC3CNC3C2)n1. The fraction of sp³-hybridized carbons (Fsp3) is 0.533. The van der Waals surface area contributed by atoms with Gasteiger partial charge in [-0.15, -0.1) is 0 Å². The van der Waals surface area contributed by atoms with Gasteiger partial charge in [0.05, 0.1) is 0 Å². The van der Waals surface area contributed by atoms with Gasteiger partial charge in [-0.05, 0) is 18.9 Å². The molecule has 0 radical (unpaired) electrons. The van der Waals surface area contributed by atoms with E-state index in [9.17, 15) is 0 Å². The Balaban J connectivity index is 1.32. The molecule has 0 bridgehead atoms. The van der Waals surface area contributed by atoms with Crippen LogP contribution in [0.2, 0.25) is 0 Å². The van der Waals surface area contributed by atoms with Gasteiger partial charge in [0.1, 0.15) is 5.82 Å². The molecule has 3 N–H and O–H groups in total. The maximum Gasteiger partial charge on any atom is 0.227 e. The first-order valence-corrected chi connectivity index (χ1v) is 7.99. The molecule has 3 fully saturated rings. The first-order chi connectivity index (χ1) is 10.8. The van der Waals surface area contributed by atoms with Gasteiger partial charge in [-0.25, -0.2) is 4.98 Å². The molecule has 0 spiro atoms. The van der Waals surface area contributed by atoms with Gasteiger partial charge in [0.25, 0.3) is 0 Å². The average Bonchev–Trinajstić information content (AvgIpc) is 3.19. The maximum absolute atomic E-state index is 4.64. The molecular formula is C15H19N7. The Kier molecular flexibility index (Phi) is 2.63. The van der Waals surface area contributed by atoms with Gasteiger partial charge in [-0.3, -0.25) is 5.10 Å². The molecule has 22 heavy (non-hydrogen) atoms. The molecule has 5 rings (SSSR count). The quantitative estimate of drug-likeness (QED) is 0.787. The lowest BCUT2D eigenvalue weighted by atomic mass is 9.96. The van der Waals surface area contributed by atoms with Crippen LogP contribution >= 0.6 is 0 Å². The molecule has 2 aromatic rings. The van der Waals surface area contributed by atoms with Gasteiger partial charge in [0.2, 0.25) is 5.95 Å². The van der Waals surface area contributed by atoms with E-state index in [-0.39, 0.29) is 0 Å². The zero-order valence-corrected chi connectivity index (χ0v) is 12.3. The normalized spacial score (nSPS) is 26.6. The van der Waals surface area contributed by atoms with E-state index in [2.05, 4.69) is 41.8 Å². The minimum absolute atomic E-state index is 0.618. The van der Waals surface area contributed by atoms with Crippen LogP contribution in [-0.4, -0.2) is 45.8 Å². The first-order valence-electron chi connectivity index (χ1n) is 7.99. The maximum atomic E-state index is 4.64. The average molecular weight is 297 g/mol. The topological polar surface area (TPSA) is 81.8 Å². The number of hydrogen-bond donors (Lipinski definition) is 3. The van der Waals surface area contributed by atoms with Crippen molar-refractivity contribution in [1.29, 1.82) is 0 Å². The van der Waals surface area contributed by atoms with Crippen molar-refractivity contribution in [3.63, 3.8) is 0 Å². The number of fused-ring (bicyclic) bond motifs is 1. The smallest absolute Gasteiger partial charge is 0.227 e. The molecule has 3 aliphatic rings. The van der Waals surface area contributed by atoms with Crippen molar-refractivity contribution in [2.45, 2.75) is 24.8 Å². The molecule has 4 heterocycles. The lowest BCUT2D eigenvalue weighted by Gasteiger charge is -2.29. The molecule has 7 nitrogen and oxygen atoms in total. The second kappa shape index (κ2) is 4.67. The van der Waals surface area contributed by atoms with Gasteiger partial charge in [0.15, 0.2) is 5.82 Å². The second-order valence-corrected chi connectivity index (χ2v) is 6.53. The van der Waals surface area contributed by atoms with Crippen molar-refractivity contribution >= 4 is 17.6 Å². The van der Waals surface area contributed by atoms with E-state index < -0.39 is 0 Å². The summed E-state index contributed by atoms with van der Waals surface area (Å²) in [5.41, 5.74) is 1.22. The summed E-state index contributed by atoms with van der Waals surface area (Å²) in [7, 11) is 0. The predicted octanol–water partition coefficient (Wildman–Crippen LogP) is 1.23. The molecular weight excluding hydrogens is 278 g/mol. The van der Waals surface area contributed by atoms with Gasteiger partial charge in [-0.1, -0.05) is 0 Å². The number of aromatic nitrogens is 4. The van der Waals surface area contributed by atoms with Crippen LogP contribution in [0.4, 0.5) is 17.6 Å². The molecule has 0 aromatic carbocycles. The highest BCUT2D eigenvalue weighted by atomic mass is 15.3. The van der Waals surface area contributed by atoms with Crippen molar-refractivity contribution < 1.29 is 0 Å². The van der Waals surface area contributed by atoms with Crippen LogP contribution < -0.4 is 15.5 Å². The zero-order valence-electron chi connectivity index (χ0n) is 12.3. The van der Waals surface area contributed by atoms with E-state index in [0.717, 1.165) is 43.1 Å². The molecule has 2 atom stereocenters. The van der Waals surface area contributed by atoms with Crippen LogP contribution in [0.15, 0.2) is 18.3 Å². The van der Waals surface area contributed by atoms with Crippen molar-refractivity contribution in [2.24, 2.45) is 5.92 Å². The first kappa shape index (κ1) is 12.4. The van der Waals surface area contributed by atoms with Crippen LogP contribution in [-0.2, 0) is 0 Å². The van der Waals surface area contributed by atoms with Gasteiger partial charge >= 0.3 is 0 Å². The number of anilines is 3. The number of rotatable bonds is 4. The third-order valence-electron chi connectivity index (χ3n) is 4.88. The largest absolute Gasteiger partial charge is 0.339 e. The van der Waals surface area contributed by atoms with E-state index in [1.165, 1.54) is 18.5 Å². The molecule has 1 saturated carbocycles. The fourth-order valence-electron chi connectivity index (χ4n) is 3.32. The van der Waals surface area contributed by atoms with Crippen LogP contribution in [0.1, 0.15) is 24.5 Å². The summed E-state index contributed by atoms with van der Waals surface area (Å²) in [5, 5.41) is 14.1. The number of H-pyrrole nitrogens is 1. The van der Waals surface area contributed by atoms with Crippen molar-refractivity contribution in [2.75, 3.05) is 29.9 Å². The Morgan fingerprint density at radius 2 is 2.18 bits per heavy atom. The van der Waals surface area contributed by atoms with Gasteiger partial charge in [-0.2, -0.15) is 10.1 Å². The summed E-state index contributed by atoms with van der Waals surface area (Å²) in [6.07, 6.45) is 4.35. The third-order valence-corrected chi connectivity index (χ3v) is 4.88. The number of nitrogens with zero attached hydrogens (tertiary/aromatic N) is 4. The predicted molar refractivity (Wildman–Crippen MR) is 83.4 cm³/mol. The fourth-order valence-corrected chi connectivity index (χ4v) is 3.32. The van der Waals surface area contributed by atoms with E-state index in [1.807, 2.05) is 12.3 Å². The van der Waals surface area contributed by atoms with E-state index in [4.69, 9.17) is 0 Å². The van der Waals surface area contributed by atoms with Crippen LogP contribution in [0.25, 0.3) is 0 Å². The molecule has 2 aliphatic heterocycles. The van der Waals surface area contributed by atoms with Crippen molar-refractivity contribution in [3.8, 4) is 0 Å². The molecule has 2 saturated heterocycles. The van der Waals surface area contributed by atoms with Gasteiger partial charge < -0.3 is 15.5 Å². The summed E-state index contributed by atoms with van der Waals surface area (Å²) >= 11 is 0. The highest BCUT2D eigenvalue weighted by molar-refractivity contribution is 5.54. The summed E-state index contributed by atoms with van der Waals surface area (Å²) < 4.78 is 0. The Hall–Kier alpha value is -2.15. The number of nitrogens with one attached hydrogen (secondary N) is 3. The van der Waals surface area contributed by atoms with Crippen molar-refractivity contribution in [1.82, 2.24) is 25.5 Å². The highest BCUT2D eigenvalue weighted by Gasteiger charge is 2.39. The minimum atomic E-state index is 0.618. The van der Waals surface area contributed by atoms with E-state index >= 15 is 0 Å². The van der Waals surface area contributed by atoms with E-state index in [1.54, 1.807) is 0 Å². The second-order valence-electron chi connectivity index (χ2n) is 6.53. The third kappa shape index (κ3) is 2.12. The summed E-state index contributed by atoms with van der Waals surface area (Å²) in [6, 6.07) is 4.59. The summed E-state index contributed by atoms with van der Waals surface area (Å²) in [4.78, 5) is 11.3. The molecule has 0 amide bonds. The van der Waals surface area contributed by atoms with Crippen molar-refractivity contribution in [3.05, 3.63) is 24.0 Å². The highest BCUT2D eigenvalue weighted by Crippen LogP contribution is 2.39. The number of aromatic amines is 1. The lowest BCUT2D eigenvalue weighted by molar-refractivity contribution is 0.297.